The zero-order chi connectivity index (χ0) is 17.2. The lowest BCUT2D eigenvalue weighted by Crippen LogP contribution is -2.09. The molecule has 2 aromatic carbocycles. The highest BCUT2D eigenvalue weighted by molar-refractivity contribution is 5.92. The number of benzene rings is 2. The summed E-state index contributed by atoms with van der Waals surface area (Å²) in [6.07, 6.45) is 2.82. The van der Waals surface area contributed by atoms with Gasteiger partial charge in [-0.15, -0.1) is 0 Å². The normalized spacial score (nSPS) is 12.8. The Morgan fingerprint density at radius 1 is 1.08 bits per heavy atom. The molecule has 3 aromatic rings. The van der Waals surface area contributed by atoms with Crippen LogP contribution in [0.3, 0.4) is 0 Å². The van der Waals surface area contributed by atoms with E-state index in [1.54, 1.807) is 0 Å². The average Bonchev–Trinajstić information content (AvgIpc) is 2.92. The van der Waals surface area contributed by atoms with E-state index in [4.69, 9.17) is 4.74 Å². The predicted octanol–water partition coefficient (Wildman–Crippen LogP) is 4.20. The van der Waals surface area contributed by atoms with Crippen molar-refractivity contribution in [3.8, 4) is 16.9 Å². The minimum Gasteiger partial charge on any atom is -0.461 e. The topological polar surface area (TPSA) is 44.1 Å². The highest BCUT2D eigenvalue weighted by Gasteiger charge is 2.28. The Balaban J connectivity index is 1.99. The van der Waals surface area contributed by atoms with E-state index in [2.05, 4.69) is 23.3 Å². The van der Waals surface area contributed by atoms with Crippen LogP contribution in [0.2, 0.25) is 0 Å². The summed E-state index contributed by atoms with van der Waals surface area (Å²) >= 11 is 0. The van der Waals surface area contributed by atoms with Gasteiger partial charge in [-0.1, -0.05) is 42.5 Å². The second-order valence-corrected chi connectivity index (χ2v) is 6.15. The van der Waals surface area contributed by atoms with Crippen molar-refractivity contribution < 1.29 is 9.53 Å². The molecule has 1 heterocycles. The summed E-state index contributed by atoms with van der Waals surface area (Å²) in [6, 6.07) is 18.4. The summed E-state index contributed by atoms with van der Waals surface area (Å²) in [5, 5.41) is 4.66. The molecule has 0 atom stereocenters. The number of esters is 1. The zero-order valence-electron chi connectivity index (χ0n) is 14.2. The van der Waals surface area contributed by atoms with E-state index in [9.17, 15) is 4.79 Å². The molecule has 0 saturated heterocycles. The molecule has 0 N–H and O–H groups in total. The molecule has 25 heavy (non-hydrogen) atoms. The van der Waals surface area contributed by atoms with Crippen LogP contribution in [-0.4, -0.2) is 22.4 Å². The lowest BCUT2D eigenvalue weighted by molar-refractivity contribution is 0.0517. The first kappa shape index (κ1) is 15.6. The maximum atomic E-state index is 12.5. The first-order chi connectivity index (χ1) is 12.3. The number of fused-ring (bicyclic) bond motifs is 3. The number of nitrogens with zero attached hydrogens (tertiary/aromatic N) is 2. The van der Waals surface area contributed by atoms with Crippen molar-refractivity contribution in [2.45, 2.75) is 26.2 Å². The summed E-state index contributed by atoms with van der Waals surface area (Å²) in [5.74, 6) is -0.340. The summed E-state index contributed by atoms with van der Waals surface area (Å²) in [6.45, 7) is 2.17. The van der Waals surface area contributed by atoms with E-state index in [1.807, 2.05) is 48.0 Å². The second-order valence-electron chi connectivity index (χ2n) is 6.15. The standard InChI is InChI=1S/C21H20N2O2/c1-2-25-21(24)19-18-14-8-10-15-9-6-7-13-17(15)20(18)23(22-19)16-11-4-3-5-12-16/h3-7,9,11-13H,2,8,10,14H2,1H3. The summed E-state index contributed by atoms with van der Waals surface area (Å²) in [7, 11) is 0. The van der Waals surface area contributed by atoms with E-state index in [-0.39, 0.29) is 5.97 Å². The zero-order valence-corrected chi connectivity index (χ0v) is 14.2. The van der Waals surface area contributed by atoms with Crippen molar-refractivity contribution in [3.63, 3.8) is 0 Å². The van der Waals surface area contributed by atoms with Crippen molar-refractivity contribution in [2.24, 2.45) is 0 Å². The largest absolute Gasteiger partial charge is 0.461 e. The van der Waals surface area contributed by atoms with Gasteiger partial charge in [-0.05, 0) is 43.9 Å². The highest BCUT2D eigenvalue weighted by atomic mass is 16.5. The third-order valence-corrected chi connectivity index (χ3v) is 4.60. The third kappa shape index (κ3) is 2.74. The molecule has 0 bridgehead atoms. The quantitative estimate of drug-likeness (QED) is 0.675. The van der Waals surface area contributed by atoms with Gasteiger partial charge in [0, 0.05) is 11.1 Å². The number of aromatic nitrogens is 2. The number of rotatable bonds is 3. The van der Waals surface area contributed by atoms with Crippen LogP contribution in [0.1, 0.15) is 35.0 Å². The van der Waals surface area contributed by atoms with Gasteiger partial charge in [0.2, 0.25) is 0 Å². The Morgan fingerprint density at radius 3 is 2.64 bits per heavy atom. The monoisotopic (exact) mass is 332 g/mol. The number of carbonyl (C=O) groups excluding carboxylic acids is 1. The average molecular weight is 332 g/mol. The SMILES string of the molecule is CCOC(=O)c1nn(-c2ccccc2)c2c1CCCc1ccccc1-2. The smallest absolute Gasteiger partial charge is 0.359 e. The van der Waals surface area contributed by atoms with Gasteiger partial charge in [0.1, 0.15) is 0 Å². The number of aryl methyl sites for hydroxylation is 1. The Hall–Kier alpha value is -2.88. The molecule has 4 nitrogen and oxygen atoms in total. The van der Waals surface area contributed by atoms with Crippen molar-refractivity contribution in [2.75, 3.05) is 6.61 Å². The first-order valence-corrected chi connectivity index (χ1v) is 8.72. The highest BCUT2D eigenvalue weighted by Crippen LogP contribution is 2.36. The number of hydrogen-bond donors (Lipinski definition) is 0. The van der Waals surface area contributed by atoms with Crippen LogP contribution < -0.4 is 0 Å². The molecule has 0 spiro atoms. The molecule has 0 unspecified atom stereocenters. The predicted molar refractivity (Wildman–Crippen MR) is 97.0 cm³/mol. The van der Waals surface area contributed by atoms with Crippen molar-refractivity contribution in [1.82, 2.24) is 9.78 Å². The lowest BCUT2D eigenvalue weighted by Gasteiger charge is -2.11. The van der Waals surface area contributed by atoms with Crippen LogP contribution in [-0.2, 0) is 17.6 Å². The molecular formula is C21H20N2O2. The number of para-hydroxylation sites is 1. The van der Waals surface area contributed by atoms with Crippen LogP contribution in [0.15, 0.2) is 54.6 Å². The molecule has 4 heteroatoms. The lowest BCUT2D eigenvalue weighted by atomic mass is 10.0. The van der Waals surface area contributed by atoms with E-state index in [0.29, 0.717) is 12.3 Å². The van der Waals surface area contributed by atoms with Gasteiger partial charge < -0.3 is 4.74 Å². The van der Waals surface area contributed by atoms with Gasteiger partial charge in [0.15, 0.2) is 5.69 Å². The summed E-state index contributed by atoms with van der Waals surface area (Å²) in [4.78, 5) is 12.5. The van der Waals surface area contributed by atoms with Crippen molar-refractivity contribution in [1.29, 1.82) is 0 Å². The van der Waals surface area contributed by atoms with Gasteiger partial charge in [-0.3, -0.25) is 0 Å². The van der Waals surface area contributed by atoms with Gasteiger partial charge >= 0.3 is 5.97 Å². The molecule has 1 aromatic heterocycles. The molecule has 126 valence electrons. The van der Waals surface area contributed by atoms with Crippen LogP contribution in [0.4, 0.5) is 0 Å². The molecule has 0 amide bonds. The van der Waals surface area contributed by atoms with Crippen LogP contribution in [0.25, 0.3) is 16.9 Å². The van der Waals surface area contributed by atoms with Gasteiger partial charge in [-0.2, -0.15) is 5.10 Å². The minimum atomic E-state index is -0.340. The third-order valence-electron chi connectivity index (χ3n) is 4.60. The Morgan fingerprint density at radius 2 is 1.84 bits per heavy atom. The number of hydrogen-bond acceptors (Lipinski definition) is 3. The second kappa shape index (κ2) is 6.55. The fourth-order valence-corrected chi connectivity index (χ4v) is 3.51. The molecule has 1 aliphatic carbocycles. The fraction of sp³-hybridized carbons (Fsp3) is 0.238. The van der Waals surface area contributed by atoms with E-state index in [0.717, 1.165) is 41.8 Å². The first-order valence-electron chi connectivity index (χ1n) is 8.72. The van der Waals surface area contributed by atoms with Crippen LogP contribution in [0.5, 0.6) is 0 Å². The minimum absolute atomic E-state index is 0.340. The maximum Gasteiger partial charge on any atom is 0.359 e. The van der Waals surface area contributed by atoms with Crippen molar-refractivity contribution >= 4 is 5.97 Å². The van der Waals surface area contributed by atoms with Crippen molar-refractivity contribution in [3.05, 3.63) is 71.4 Å². The van der Waals surface area contributed by atoms with E-state index < -0.39 is 0 Å². The Labute approximate surface area is 147 Å². The Bertz CT molecular complexity index is 913. The molecule has 4 rings (SSSR count). The van der Waals surface area contributed by atoms with E-state index in [1.165, 1.54) is 5.56 Å². The Kier molecular flexibility index (Phi) is 4.10. The molecular weight excluding hydrogens is 312 g/mol. The van der Waals surface area contributed by atoms with E-state index >= 15 is 0 Å². The fourth-order valence-electron chi connectivity index (χ4n) is 3.51. The summed E-state index contributed by atoms with van der Waals surface area (Å²) in [5.41, 5.74) is 5.86. The van der Waals surface area contributed by atoms with Crippen LogP contribution in [0, 0.1) is 0 Å². The molecule has 0 radical (unpaired) electrons. The number of carbonyl (C=O) groups is 1. The molecule has 0 aliphatic heterocycles. The van der Waals surface area contributed by atoms with Gasteiger partial charge in [0.25, 0.3) is 0 Å². The van der Waals surface area contributed by atoms with Gasteiger partial charge in [-0.25, -0.2) is 9.48 Å². The molecule has 1 aliphatic rings. The maximum absolute atomic E-state index is 12.5. The van der Waals surface area contributed by atoms with Gasteiger partial charge in [0.05, 0.1) is 18.0 Å². The molecule has 0 saturated carbocycles. The summed E-state index contributed by atoms with van der Waals surface area (Å²) < 4.78 is 7.15. The van der Waals surface area contributed by atoms with Crippen LogP contribution >= 0.6 is 0 Å². The molecule has 0 fully saturated rings. The number of ether oxygens (including phenoxy) is 1.